The summed E-state index contributed by atoms with van der Waals surface area (Å²) in [6.45, 7) is 0.152. The number of anilines is 1. The highest BCUT2D eigenvalue weighted by Crippen LogP contribution is 2.22. The Balaban J connectivity index is 2.28. The standard InChI is InChI=1S/C14H14BrFN2O2S/c1-18(9-10-2-4-11(15)5-3-10)21(19,20)14-7-6-12(17)8-13(14)16/h2-8H,9,17H2,1H3. The molecule has 7 heteroatoms. The van der Waals surface area contributed by atoms with E-state index in [-0.39, 0.29) is 17.1 Å². The van der Waals surface area contributed by atoms with Crippen LogP contribution in [0.2, 0.25) is 0 Å². The number of benzene rings is 2. The van der Waals surface area contributed by atoms with Gasteiger partial charge < -0.3 is 5.73 Å². The van der Waals surface area contributed by atoms with Crippen LogP contribution in [0.1, 0.15) is 5.56 Å². The molecular weight excluding hydrogens is 359 g/mol. The summed E-state index contributed by atoms with van der Waals surface area (Å²) >= 11 is 3.31. The zero-order chi connectivity index (χ0) is 15.6. The monoisotopic (exact) mass is 372 g/mol. The highest BCUT2D eigenvalue weighted by Gasteiger charge is 2.24. The molecule has 2 aromatic rings. The third-order valence-electron chi connectivity index (χ3n) is 2.96. The third kappa shape index (κ3) is 3.61. The number of hydrogen-bond donors (Lipinski definition) is 1. The van der Waals surface area contributed by atoms with Crippen LogP contribution in [-0.2, 0) is 16.6 Å². The normalized spacial score (nSPS) is 11.8. The van der Waals surface area contributed by atoms with Gasteiger partial charge in [-0.25, -0.2) is 12.8 Å². The first kappa shape index (κ1) is 15.9. The number of nitrogen functional groups attached to an aromatic ring is 1. The predicted molar refractivity (Wildman–Crippen MR) is 83.6 cm³/mol. The first-order valence-corrected chi connectivity index (χ1v) is 8.30. The van der Waals surface area contributed by atoms with E-state index in [1.54, 1.807) is 12.1 Å². The van der Waals surface area contributed by atoms with E-state index in [1.165, 1.54) is 19.2 Å². The summed E-state index contributed by atoms with van der Waals surface area (Å²) < 4.78 is 40.6. The summed E-state index contributed by atoms with van der Waals surface area (Å²) in [5.74, 6) is -0.849. The van der Waals surface area contributed by atoms with E-state index < -0.39 is 15.8 Å². The van der Waals surface area contributed by atoms with Gasteiger partial charge in [-0.1, -0.05) is 28.1 Å². The van der Waals surface area contributed by atoms with Gasteiger partial charge in [0.15, 0.2) is 0 Å². The van der Waals surface area contributed by atoms with Crippen molar-refractivity contribution in [3.05, 3.63) is 58.3 Å². The minimum absolute atomic E-state index is 0.152. The number of nitrogens with zero attached hydrogens (tertiary/aromatic N) is 1. The second-order valence-electron chi connectivity index (χ2n) is 4.58. The van der Waals surface area contributed by atoms with Gasteiger partial charge in [-0.15, -0.1) is 0 Å². The van der Waals surface area contributed by atoms with E-state index in [1.807, 2.05) is 12.1 Å². The van der Waals surface area contributed by atoms with Crippen LogP contribution in [0.5, 0.6) is 0 Å². The molecule has 2 N–H and O–H groups in total. The summed E-state index contributed by atoms with van der Waals surface area (Å²) in [6, 6.07) is 10.8. The van der Waals surface area contributed by atoms with Gasteiger partial charge in [0.25, 0.3) is 0 Å². The van der Waals surface area contributed by atoms with Crippen molar-refractivity contribution in [1.82, 2.24) is 4.31 Å². The highest BCUT2D eigenvalue weighted by atomic mass is 79.9. The maximum atomic E-state index is 13.8. The van der Waals surface area contributed by atoms with Crippen molar-refractivity contribution in [3.8, 4) is 0 Å². The Labute approximate surface area is 131 Å². The molecule has 0 aliphatic heterocycles. The highest BCUT2D eigenvalue weighted by molar-refractivity contribution is 9.10. The summed E-state index contributed by atoms with van der Waals surface area (Å²) in [5, 5.41) is 0. The molecule has 0 saturated carbocycles. The molecule has 0 bridgehead atoms. The van der Waals surface area contributed by atoms with Crippen LogP contribution in [0.15, 0.2) is 51.8 Å². The van der Waals surface area contributed by atoms with Gasteiger partial charge in [0.05, 0.1) is 0 Å². The minimum atomic E-state index is -3.90. The van der Waals surface area contributed by atoms with Gasteiger partial charge in [0.1, 0.15) is 10.7 Å². The molecule has 2 aromatic carbocycles. The number of hydrogen-bond acceptors (Lipinski definition) is 3. The lowest BCUT2D eigenvalue weighted by molar-refractivity contribution is 0.460. The Morgan fingerprint density at radius 3 is 2.38 bits per heavy atom. The summed E-state index contributed by atoms with van der Waals surface area (Å²) in [5.41, 5.74) is 6.42. The fourth-order valence-electron chi connectivity index (χ4n) is 1.83. The molecule has 0 aliphatic carbocycles. The molecule has 21 heavy (non-hydrogen) atoms. The van der Waals surface area contributed by atoms with Crippen LogP contribution in [-0.4, -0.2) is 19.8 Å². The van der Waals surface area contributed by atoms with E-state index in [0.717, 1.165) is 20.4 Å². The lowest BCUT2D eigenvalue weighted by atomic mass is 10.2. The van der Waals surface area contributed by atoms with Crippen molar-refractivity contribution >= 4 is 31.6 Å². The predicted octanol–water partition coefficient (Wildman–Crippen LogP) is 2.99. The lowest BCUT2D eigenvalue weighted by Crippen LogP contribution is -2.27. The molecular formula is C14H14BrFN2O2S. The molecule has 4 nitrogen and oxygen atoms in total. The van der Waals surface area contributed by atoms with Crippen molar-refractivity contribution in [2.24, 2.45) is 0 Å². The zero-order valence-electron chi connectivity index (χ0n) is 11.3. The average molecular weight is 373 g/mol. The fourth-order valence-corrected chi connectivity index (χ4v) is 3.29. The number of nitrogens with two attached hydrogens (primary N) is 1. The van der Waals surface area contributed by atoms with E-state index in [9.17, 15) is 12.8 Å². The number of sulfonamides is 1. The van der Waals surface area contributed by atoms with Crippen molar-refractivity contribution in [2.45, 2.75) is 11.4 Å². The minimum Gasteiger partial charge on any atom is -0.399 e. The second-order valence-corrected chi connectivity index (χ2v) is 7.51. The zero-order valence-corrected chi connectivity index (χ0v) is 13.7. The quantitative estimate of drug-likeness (QED) is 0.839. The van der Waals surface area contributed by atoms with Crippen LogP contribution >= 0.6 is 15.9 Å². The lowest BCUT2D eigenvalue weighted by Gasteiger charge is -2.18. The maximum Gasteiger partial charge on any atom is 0.246 e. The summed E-state index contributed by atoms with van der Waals surface area (Å²) in [7, 11) is -2.49. The first-order valence-electron chi connectivity index (χ1n) is 6.06. The van der Waals surface area contributed by atoms with Gasteiger partial charge >= 0.3 is 0 Å². The van der Waals surface area contributed by atoms with Gasteiger partial charge in [0, 0.05) is 23.8 Å². The number of halogens is 2. The number of rotatable bonds is 4. The Morgan fingerprint density at radius 1 is 1.19 bits per heavy atom. The molecule has 112 valence electrons. The van der Waals surface area contributed by atoms with Crippen LogP contribution in [0.25, 0.3) is 0 Å². The van der Waals surface area contributed by atoms with Crippen molar-refractivity contribution in [3.63, 3.8) is 0 Å². The van der Waals surface area contributed by atoms with Crippen LogP contribution in [0, 0.1) is 5.82 Å². The van der Waals surface area contributed by atoms with Gasteiger partial charge in [-0.05, 0) is 35.9 Å². The molecule has 0 unspecified atom stereocenters. The SMILES string of the molecule is CN(Cc1ccc(Br)cc1)S(=O)(=O)c1ccc(N)cc1F. The largest absolute Gasteiger partial charge is 0.399 e. The summed E-state index contributed by atoms with van der Waals surface area (Å²) in [4.78, 5) is -0.378. The average Bonchev–Trinajstić information content (AvgIpc) is 2.40. The fraction of sp³-hybridized carbons (Fsp3) is 0.143. The van der Waals surface area contributed by atoms with E-state index in [2.05, 4.69) is 15.9 Å². The molecule has 2 rings (SSSR count). The van der Waals surface area contributed by atoms with Gasteiger partial charge in [0.2, 0.25) is 10.0 Å². The molecule has 0 atom stereocenters. The smallest absolute Gasteiger partial charge is 0.246 e. The van der Waals surface area contributed by atoms with Crippen LogP contribution in [0.3, 0.4) is 0 Å². The van der Waals surface area contributed by atoms with Crippen molar-refractivity contribution < 1.29 is 12.8 Å². The van der Waals surface area contributed by atoms with Crippen molar-refractivity contribution in [1.29, 1.82) is 0 Å². The molecule has 0 fully saturated rings. The molecule has 0 aliphatic rings. The molecule has 0 amide bonds. The molecule has 0 radical (unpaired) electrons. The van der Waals surface area contributed by atoms with E-state index >= 15 is 0 Å². The Hall–Kier alpha value is -1.44. The molecule has 0 aromatic heterocycles. The molecule has 0 saturated heterocycles. The third-order valence-corrected chi connectivity index (χ3v) is 5.33. The van der Waals surface area contributed by atoms with Gasteiger partial charge in [-0.3, -0.25) is 0 Å². The molecule has 0 spiro atoms. The Kier molecular flexibility index (Phi) is 4.65. The molecule has 0 heterocycles. The maximum absolute atomic E-state index is 13.8. The van der Waals surface area contributed by atoms with Crippen molar-refractivity contribution in [2.75, 3.05) is 12.8 Å². The van der Waals surface area contributed by atoms with E-state index in [4.69, 9.17) is 5.73 Å². The van der Waals surface area contributed by atoms with Crippen LogP contribution in [0.4, 0.5) is 10.1 Å². The van der Waals surface area contributed by atoms with Gasteiger partial charge in [-0.2, -0.15) is 4.31 Å². The first-order chi connectivity index (χ1) is 9.80. The summed E-state index contributed by atoms with van der Waals surface area (Å²) in [6.07, 6.45) is 0. The Bertz CT molecular complexity index is 748. The second kappa shape index (κ2) is 6.13. The van der Waals surface area contributed by atoms with Crippen LogP contribution < -0.4 is 5.73 Å². The van der Waals surface area contributed by atoms with E-state index in [0.29, 0.717) is 0 Å². The topological polar surface area (TPSA) is 63.4 Å². The Morgan fingerprint density at radius 2 is 1.81 bits per heavy atom.